The van der Waals surface area contributed by atoms with E-state index in [4.69, 9.17) is 0 Å². The van der Waals surface area contributed by atoms with Crippen molar-refractivity contribution in [2.24, 2.45) is 0 Å². The molecule has 0 aromatic carbocycles. The molecule has 9 heteroatoms. The molecule has 0 bridgehead atoms. The van der Waals surface area contributed by atoms with Gasteiger partial charge >= 0.3 is 0 Å². The highest BCUT2D eigenvalue weighted by Gasteiger charge is 2.13. The lowest BCUT2D eigenvalue weighted by atomic mass is 10.2. The SMILES string of the molecule is CC(C)c1cnc(NC(=O)Cc2csc(NC(=O)Cc3ccsc3)n2)s1. The fraction of sp³-hybridized carbons (Fsp3) is 0.294. The first kappa shape index (κ1) is 18.7. The standard InChI is InChI=1S/C17H18N4O2S3/c1-10(2)13-7-18-16(26-13)20-15(23)6-12-9-25-17(19-12)21-14(22)5-11-3-4-24-8-11/h3-4,7-10H,5-6H2,1-2H3,(H,18,20,23)(H,19,21,22). The number of nitrogens with one attached hydrogen (secondary N) is 2. The van der Waals surface area contributed by atoms with Crippen molar-refractivity contribution in [3.63, 3.8) is 0 Å². The second kappa shape index (κ2) is 8.52. The summed E-state index contributed by atoms with van der Waals surface area (Å²) in [6.07, 6.45) is 2.25. The van der Waals surface area contributed by atoms with Gasteiger partial charge in [-0.2, -0.15) is 11.3 Å². The highest BCUT2D eigenvalue weighted by atomic mass is 32.1. The Morgan fingerprint density at radius 2 is 1.88 bits per heavy atom. The summed E-state index contributed by atoms with van der Waals surface area (Å²) in [6.45, 7) is 4.17. The van der Waals surface area contributed by atoms with E-state index in [-0.39, 0.29) is 18.2 Å². The van der Waals surface area contributed by atoms with E-state index in [9.17, 15) is 9.59 Å². The molecule has 2 amide bonds. The number of nitrogens with zero attached hydrogens (tertiary/aromatic N) is 2. The summed E-state index contributed by atoms with van der Waals surface area (Å²) < 4.78 is 0. The summed E-state index contributed by atoms with van der Waals surface area (Å²) in [7, 11) is 0. The summed E-state index contributed by atoms with van der Waals surface area (Å²) in [4.78, 5) is 33.8. The van der Waals surface area contributed by atoms with E-state index in [1.54, 1.807) is 22.9 Å². The lowest BCUT2D eigenvalue weighted by molar-refractivity contribution is -0.116. The zero-order chi connectivity index (χ0) is 18.5. The molecule has 0 spiro atoms. The van der Waals surface area contributed by atoms with Crippen molar-refractivity contribution >= 4 is 56.1 Å². The molecule has 136 valence electrons. The van der Waals surface area contributed by atoms with E-state index in [1.807, 2.05) is 16.8 Å². The Bertz CT molecular complexity index is 884. The molecule has 3 aromatic heterocycles. The normalized spacial score (nSPS) is 10.9. The fourth-order valence-corrected chi connectivity index (χ4v) is 4.36. The van der Waals surface area contributed by atoms with Gasteiger partial charge in [-0.05, 0) is 28.3 Å². The van der Waals surface area contributed by atoms with E-state index in [0.29, 0.717) is 28.3 Å². The van der Waals surface area contributed by atoms with Crippen LogP contribution in [0.15, 0.2) is 28.4 Å². The molecule has 0 aliphatic rings. The second-order valence-electron chi connectivity index (χ2n) is 5.95. The van der Waals surface area contributed by atoms with Crippen molar-refractivity contribution in [3.05, 3.63) is 44.5 Å². The molecule has 3 rings (SSSR count). The van der Waals surface area contributed by atoms with Crippen LogP contribution in [0.1, 0.15) is 35.9 Å². The highest BCUT2D eigenvalue weighted by molar-refractivity contribution is 7.15. The van der Waals surface area contributed by atoms with E-state index in [0.717, 1.165) is 10.4 Å². The van der Waals surface area contributed by atoms with Crippen molar-refractivity contribution < 1.29 is 9.59 Å². The van der Waals surface area contributed by atoms with Gasteiger partial charge in [0.25, 0.3) is 0 Å². The van der Waals surface area contributed by atoms with Crippen molar-refractivity contribution in [2.45, 2.75) is 32.6 Å². The number of anilines is 2. The molecule has 0 aliphatic carbocycles. The van der Waals surface area contributed by atoms with Crippen LogP contribution < -0.4 is 10.6 Å². The quantitative estimate of drug-likeness (QED) is 0.617. The van der Waals surface area contributed by atoms with Gasteiger partial charge in [0.05, 0.1) is 18.5 Å². The van der Waals surface area contributed by atoms with E-state index >= 15 is 0 Å². The summed E-state index contributed by atoms with van der Waals surface area (Å²) in [5, 5.41) is 12.3. The minimum atomic E-state index is -0.170. The van der Waals surface area contributed by atoms with Gasteiger partial charge in [0.15, 0.2) is 10.3 Å². The minimum absolute atomic E-state index is 0.113. The Labute approximate surface area is 163 Å². The van der Waals surface area contributed by atoms with Crippen molar-refractivity contribution in [3.8, 4) is 0 Å². The zero-order valence-corrected chi connectivity index (χ0v) is 16.8. The molecule has 0 saturated heterocycles. The van der Waals surface area contributed by atoms with Gasteiger partial charge in [-0.25, -0.2) is 9.97 Å². The third kappa shape index (κ3) is 5.20. The van der Waals surface area contributed by atoms with Gasteiger partial charge in [-0.1, -0.05) is 13.8 Å². The third-order valence-electron chi connectivity index (χ3n) is 3.42. The third-order valence-corrected chi connectivity index (χ3v) is 6.18. The first-order valence-corrected chi connectivity index (χ1v) is 10.6. The van der Waals surface area contributed by atoms with Crippen LogP contribution in [0, 0.1) is 0 Å². The van der Waals surface area contributed by atoms with Crippen LogP contribution in [0.25, 0.3) is 0 Å². The number of thiazole rings is 2. The maximum Gasteiger partial charge on any atom is 0.232 e. The summed E-state index contributed by atoms with van der Waals surface area (Å²) >= 11 is 4.35. The number of carbonyl (C=O) groups is 2. The molecule has 26 heavy (non-hydrogen) atoms. The maximum atomic E-state index is 12.1. The zero-order valence-electron chi connectivity index (χ0n) is 14.3. The van der Waals surface area contributed by atoms with E-state index < -0.39 is 0 Å². The molecule has 0 fully saturated rings. The molecule has 0 atom stereocenters. The average Bonchev–Trinajstić information content (AvgIpc) is 3.30. The van der Waals surface area contributed by atoms with Crippen LogP contribution in [-0.2, 0) is 22.4 Å². The molecule has 6 nitrogen and oxygen atoms in total. The van der Waals surface area contributed by atoms with Gasteiger partial charge in [-0.15, -0.1) is 22.7 Å². The summed E-state index contributed by atoms with van der Waals surface area (Å²) in [5.74, 6) is 0.103. The van der Waals surface area contributed by atoms with Gasteiger partial charge in [0.2, 0.25) is 11.8 Å². The van der Waals surface area contributed by atoms with Crippen LogP contribution in [-0.4, -0.2) is 21.8 Å². The molecule has 0 saturated carbocycles. The van der Waals surface area contributed by atoms with Gasteiger partial charge in [0.1, 0.15) is 0 Å². The lowest BCUT2D eigenvalue weighted by Crippen LogP contribution is -2.15. The number of hydrogen-bond acceptors (Lipinski definition) is 7. The Morgan fingerprint density at radius 1 is 1.12 bits per heavy atom. The van der Waals surface area contributed by atoms with E-state index in [1.165, 1.54) is 22.7 Å². The molecular formula is C17H18N4O2S3. The molecule has 0 aliphatic heterocycles. The van der Waals surface area contributed by atoms with Crippen LogP contribution in [0.2, 0.25) is 0 Å². The molecule has 0 unspecified atom stereocenters. The number of thiophene rings is 1. The highest BCUT2D eigenvalue weighted by Crippen LogP contribution is 2.25. The van der Waals surface area contributed by atoms with Crippen LogP contribution in [0.5, 0.6) is 0 Å². The molecule has 3 aromatic rings. The van der Waals surface area contributed by atoms with Crippen molar-refractivity contribution in [1.82, 2.24) is 9.97 Å². The molecule has 0 radical (unpaired) electrons. The molecular weight excluding hydrogens is 388 g/mol. The number of amides is 2. The van der Waals surface area contributed by atoms with Gasteiger partial charge in [-0.3, -0.25) is 9.59 Å². The largest absolute Gasteiger partial charge is 0.302 e. The molecule has 3 heterocycles. The Kier molecular flexibility index (Phi) is 6.12. The number of hydrogen-bond donors (Lipinski definition) is 2. The first-order valence-electron chi connectivity index (χ1n) is 8.00. The Balaban J connectivity index is 1.50. The fourth-order valence-electron chi connectivity index (χ4n) is 2.13. The Hall–Kier alpha value is -2.10. The minimum Gasteiger partial charge on any atom is -0.302 e. The van der Waals surface area contributed by atoms with Crippen LogP contribution in [0.4, 0.5) is 10.3 Å². The summed E-state index contributed by atoms with van der Waals surface area (Å²) in [5.41, 5.74) is 1.60. The smallest absolute Gasteiger partial charge is 0.232 e. The van der Waals surface area contributed by atoms with Crippen molar-refractivity contribution in [2.75, 3.05) is 10.6 Å². The summed E-state index contributed by atoms with van der Waals surface area (Å²) in [6, 6.07) is 1.92. The van der Waals surface area contributed by atoms with Crippen LogP contribution >= 0.6 is 34.0 Å². The molecule has 2 N–H and O–H groups in total. The van der Waals surface area contributed by atoms with Crippen LogP contribution in [0.3, 0.4) is 0 Å². The predicted octanol–water partition coefficient (Wildman–Crippen LogP) is 4.15. The van der Waals surface area contributed by atoms with Gasteiger partial charge in [0, 0.05) is 16.5 Å². The topological polar surface area (TPSA) is 84.0 Å². The monoisotopic (exact) mass is 406 g/mol. The number of carbonyl (C=O) groups excluding carboxylic acids is 2. The number of rotatable bonds is 7. The van der Waals surface area contributed by atoms with E-state index in [2.05, 4.69) is 34.4 Å². The first-order chi connectivity index (χ1) is 12.5. The predicted molar refractivity (Wildman–Crippen MR) is 107 cm³/mol. The second-order valence-corrected chi connectivity index (χ2v) is 8.65. The lowest BCUT2D eigenvalue weighted by Gasteiger charge is -2.01. The van der Waals surface area contributed by atoms with Crippen molar-refractivity contribution in [1.29, 1.82) is 0 Å². The maximum absolute atomic E-state index is 12.1. The number of aromatic nitrogens is 2. The average molecular weight is 407 g/mol. The van der Waals surface area contributed by atoms with Gasteiger partial charge < -0.3 is 10.6 Å². The Morgan fingerprint density at radius 3 is 2.58 bits per heavy atom.